The van der Waals surface area contributed by atoms with Crippen LogP contribution in [0.4, 0.5) is 0 Å². The van der Waals surface area contributed by atoms with Gasteiger partial charge in [0.15, 0.2) is 0 Å². The van der Waals surface area contributed by atoms with Gasteiger partial charge >= 0.3 is 0 Å². The molecule has 0 radical (unpaired) electrons. The van der Waals surface area contributed by atoms with Crippen LogP contribution in [0.15, 0.2) is 36.8 Å². The van der Waals surface area contributed by atoms with Crippen molar-refractivity contribution < 1.29 is 9.59 Å². The number of hydrogen-bond acceptors (Lipinski definition) is 3. The maximum Gasteiger partial charge on any atom is 0.274 e. The predicted octanol–water partition coefficient (Wildman–Crippen LogP) is 1.85. The number of fused-ring (bicyclic) bond motifs is 1. The van der Waals surface area contributed by atoms with Crippen molar-refractivity contribution in [1.29, 1.82) is 0 Å². The number of imidazole rings is 1. The highest BCUT2D eigenvalue weighted by Crippen LogP contribution is 2.32. The number of amides is 2. The van der Waals surface area contributed by atoms with Gasteiger partial charge in [-0.3, -0.25) is 9.59 Å². The summed E-state index contributed by atoms with van der Waals surface area (Å²) < 4.78 is 1.78. The lowest BCUT2D eigenvalue weighted by molar-refractivity contribution is -0.129. The molecular formula is C19H21ClN4O2. The van der Waals surface area contributed by atoms with Crippen molar-refractivity contribution in [2.75, 3.05) is 26.2 Å². The Morgan fingerprint density at radius 2 is 1.69 bits per heavy atom. The molecule has 2 saturated heterocycles. The number of rotatable bonds is 3. The van der Waals surface area contributed by atoms with Gasteiger partial charge in [0.1, 0.15) is 5.69 Å². The van der Waals surface area contributed by atoms with E-state index in [1.807, 2.05) is 41.1 Å². The highest BCUT2D eigenvalue weighted by Gasteiger charge is 2.43. The van der Waals surface area contributed by atoms with Gasteiger partial charge in [-0.15, -0.1) is 0 Å². The van der Waals surface area contributed by atoms with Gasteiger partial charge in [0, 0.05) is 56.3 Å². The molecule has 2 fully saturated rings. The molecule has 3 heterocycles. The molecular weight excluding hydrogens is 352 g/mol. The predicted molar refractivity (Wildman–Crippen MR) is 97.8 cm³/mol. The molecule has 0 spiro atoms. The Labute approximate surface area is 157 Å². The lowest BCUT2D eigenvalue weighted by Gasteiger charge is -2.21. The van der Waals surface area contributed by atoms with Crippen molar-refractivity contribution in [1.82, 2.24) is 19.4 Å². The molecule has 0 bridgehead atoms. The first-order valence-electron chi connectivity index (χ1n) is 8.79. The Hall–Kier alpha value is -2.34. The van der Waals surface area contributed by atoms with Crippen molar-refractivity contribution in [2.45, 2.75) is 6.42 Å². The first-order valence-corrected chi connectivity index (χ1v) is 9.17. The maximum absolute atomic E-state index is 12.6. The summed E-state index contributed by atoms with van der Waals surface area (Å²) in [6, 6.07) is 7.41. The average Bonchev–Trinajstić information content (AvgIpc) is 3.30. The third-order valence-electron chi connectivity index (χ3n) is 5.32. The van der Waals surface area contributed by atoms with Crippen LogP contribution < -0.4 is 0 Å². The summed E-state index contributed by atoms with van der Waals surface area (Å²) in [6.45, 7) is 2.85. The Kier molecular flexibility index (Phi) is 4.44. The van der Waals surface area contributed by atoms with Gasteiger partial charge in [-0.05, 0) is 17.7 Å². The fraction of sp³-hybridized carbons (Fsp3) is 0.421. The molecule has 2 aromatic rings. The summed E-state index contributed by atoms with van der Waals surface area (Å²) in [7, 11) is 1.85. The quantitative estimate of drug-likeness (QED) is 0.826. The van der Waals surface area contributed by atoms with Gasteiger partial charge in [0.2, 0.25) is 5.91 Å². The normalized spacial score (nSPS) is 21.9. The van der Waals surface area contributed by atoms with Gasteiger partial charge in [-0.2, -0.15) is 0 Å². The van der Waals surface area contributed by atoms with Crippen molar-refractivity contribution in [3.05, 3.63) is 53.1 Å². The topological polar surface area (TPSA) is 58.4 Å². The molecule has 0 saturated carbocycles. The molecule has 26 heavy (non-hydrogen) atoms. The van der Waals surface area contributed by atoms with Crippen LogP contribution in [-0.4, -0.2) is 57.3 Å². The van der Waals surface area contributed by atoms with E-state index in [1.165, 1.54) is 0 Å². The lowest BCUT2D eigenvalue weighted by Crippen LogP contribution is -2.36. The molecule has 2 aliphatic rings. The van der Waals surface area contributed by atoms with Crippen LogP contribution in [-0.2, 0) is 18.3 Å². The Morgan fingerprint density at radius 1 is 1.08 bits per heavy atom. The van der Waals surface area contributed by atoms with Gasteiger partial charge in [0.05, 0.1) is 12.7 Å². The summed E-state index contributed by atoms with van der Waals surface area (Å²) in [5.74, 6) is 0.844. The van der Waals surface area contributed by atoms with Crippen LogP contribution in [0.3, 0.4) is 0 Å². The van der Waals surface area contributed by atoms with Gasteiger partial charge in [-0.25, -0.2) is 4.98 Å². The number of aryl methyl sites for hydroxylation is 1. The van der Waals surface area contributed by atoms with Crippen molar-refractivity contribution >= 4 is 23.4 Å². The van der Waals surface area contributed by atoms with E-state index in [0.29, 0.717) is 42.1 Å². The second-order valence-corrected chi connectivity index (χ2v) is 7.69. The summed E-state index contributed by atoms with van der Waals surface area (Å²) in [5, 5.41) is 0.676. The Morgan fingerprint density at radius 3 is 2.27 bits per heavy atom. The molecule has 2 atom stereocenters. The van der Waals surface area contributed by atoms with E-state index in [0.717, 1.165) is 18.7 Å². The average molecular weight is 373 g/mol. The SMILES string of the molecule is Cn1cnc(C(=O)N2CC3CN(C(=O)Cc4ccc(Cl)cc4)CC3C2)c1. The van der Waals surface area contributed by atoms with Gasteiger partial charge < -0.3 is 14.4 Å². The monoisotopic (exact) mass is 372 g/mol. The molecule has 2 amide bonds. The van der Waals surface area contributed by atoms with Crippen LogP contribution in [0, 0.1) is 11.8 Å². The Bertz CT molecular complexity index is 818. The second-order valence-electron chi connectivity index (χ2n) is 7.26. The van der Waals surface area contributed by atoms with E-state index in [2.05, 4.69) is 4.98 Å². The molecule has 136 valence electrons. The van der Waals surface area contributed by atoms with Crippen LogP contribution in [0.5, 0.6) is 0 Å². The van der Waals surface area contributed by atoms with E-state index in [1.54, 1.807) is 17.1 Å². The number of hydrogen-bond donors (Lipinski definition) is 0. The number of nitrogens with zero attached hydrogens (tertiary/aromatic N) is 4. The summed E-state index contributed by atoms with van der Waals surface area (Å²) in [6.07, 6.45) is 3.78. The third kappa shape index (κ3) is 3.33. The first kappa shape index (κ1) is 17.1. The largest absolute Gasteiger partial charge is 0.342 e. The standard InChI is InChI=1S/C19H21ClN4O2/c1-22-11-17(21-12-22)19(26)24-9-14-7-23(8-15(14)10-24)18(25)6-13-2-4-16(20)5-3-13/h2-5,11-12,14-15H,6-10H2,1H3. The number of halogens is 1. The van der Waals surface area contributed by atoms with E-state index in [9.17, 15) is 9.59 Å². The number of carbonyl (C=O) groups is 2. The van der Waals surface area contributed by atoms with Crippen LogP contribution in [0.2, 0.25) is 5.02 Å². The molecule has 0 aliphatic carbocycles. The first-order chi connectivity index (χ1) is 12.5. The van der Waals surface area contributed by atoms with Crippen molar-refractivity contribution in [2.24, 2.45) is 18.9 Å². The summed E-state index contributed by atoms with van der Waals surface area (Å²) in [5.41, 5.74) is 1.46. The lowest BCUT2D eigenvalue weighted by atomic mass is 10.0. The molecule has 2 aliphatic heterocycles. The minimum Gasteiger partial charge on any atom is -0.342 e. The molecule has 1 aromatic heterocycles. The molecule has 0 N–H and O–H groups in total. The smallest absolute Gasteiger partial charge is 0.274 e. The highest BCUT2D eigenvalue weighted by molar-refractivity contribution is 6.30. The van der Waals surface area contributed by atoms with Gasteiger partial charge in [0.25, 0.3) is 5.91 Å². The van der Waals surface area contributed by atoms with Crippen LogP contribution in [0.25, 0.3) is 0 Å². The third-order valence-corrected chi connectivity index (χ3v) is 5.57. The van der Waals surface area contributed by atoms with Gasteiger partial charge in [-0.1, -0.05) is 23.7 Å². The highest BCUT2D eigenvalue weighted by atomic mass is 35.5. The molecule has 4 rings (SSSR count). The molecule has 2 unspecified atom stereocenters. The van der Waals surface area contributed by atoms with E-state index in [4.69, 9.17) is 11.6 Å². The summed E-state index contributed by atoms with van der Waals surface area (Å²) >= 11 is 5.89. The molecule has 6 nitrogen and oxygen atoms in total. The maximum atomic E-state index is 12.6. The minimum absolute atomic E-state index is 0.0148. The van der Waals surface area contributed by atoms with Crippen molar-refractivity contribution in [3.8, 4) is 0 Å². The number of carbonyl (C=O) groups excluding carboxylic acids is 2. The van der Waals surface area contributed by atoms with E-state index < -0.39 is 0 Å². The minimum atomic E-state index is -0.0148. The second kappa shape index (κ2) is 6.76. The zero-order valence-corrected chi connectivity index (χ0v) is 15.4. The van der Waals surface area contributed by atoms with Crippen molar-refractivity contribution in [3.63, 3.8) is 0 Å². The fourth-order valence-electron chi connectivity index (χ4n) is 3.94. The van der Waals surface area contributed by atoms with E-state index >= 15 is 0 Å². The molecule has 1 aromatic carbocycles. The zero-order chi connectivity index (χ0) is 18.3. The number of benzene rings is 1. The van der Waals surface area contributed by atoms with Crippen LogP contribution in [0.1, 0.15) is 16.1 Å². The fourth-order valence-corrected chi connectivity index (χ4v) is 4.06. The Balaban J connectivity index is 1.33. The van der Waals surface area contributed by atoms with E-state index in [-0.39, 0.29) is 11.8 Å². The number of likely N-dealkylation sites (tertiary alicyclic amines) is 2. The zero-order valence-electron chi connectivity index (χ0n) is 14.6. The molecule has 7 heteroatoms. The van der Waals surface area contributed by atoms with Crippen LogP contribution >= 0.6 is 11.6 Å². The summed E-state index contributed by atoms with van der Waals surface area (Å²) in [4.78, 5) is 33.1. The number of aromatic nitrogens is 2.